The van der Waals surface area contributed by atoms with Gasteiger partial charge >= 0.3 is 0 Å². The lowest BCUT2D eigenvalue weighted by atomic mass is 10.0. The molecule has 2 nitrogen and oxygen atoms in total. The maximum absolute atomic E-state index is 13.2. The van der Waals surface area contributed by atoms with Crippen LogP contribution in [-0.4, -0.2) is 17.3 Å². The molecule has 0 amide bonds. The number of rotatable bonds is 1. The van der Waals surface area contributed by atoms with E-state index < -0.39 is 0 Å². The van der Waals surface area contributed by atoms with Crippen LogP contribution in [0.2, 0.25) is 0 Å². The van der Waals surface area contributed by atoms with Gasteiger partial charge in [-0.15, -0.1) is 0 Å². The first-order valence-electron chi connectivity index (χ1n) is 5.80. The second-order valence-corrected chi connectivity index (χ2v) is 3.46. The van der Waals surface area contributed by atoms with Gasteiger partial charge in [0.2, 0.25) is 0 Å². The van der Waals surface area contributed by atoms with Gasteiger partial charge in [-0.3, -0.25) is 5.01 Å². The van der Waals surface area contributed by atoms with Crippen molar-refractivity contribution in [1.29, 1.82) is 0 Å². The normalized spacial score (nSPS) is 22.4. The number of hydrogen-bond acceptors (Lipinski definition) is 2. The lowest BCUT2D eigenvalue weighted by Crippen LogP contribution is -2.24. The van der Waals surface area contributed by atoms with Gasteiger partial charge in [0.1, 0.15) is 5.83 Å². The van der Waals surface area contributed by atoms with Crippen molar-refractivity contribution < 1.29 is 4.39 Å². The summed E-state index contributed by atoms with van der Waals surface area (Å²) in [5, 5.41) is 6.22. The molecule has 0 N–H and O–H groups in total. The summed E-state index contributed by atoms with van der Waals surface area (Å²) < 4.78 is 13.2. The van der Waals surface area contributed by atoms with Crippen LogP contribution in [0.15, 0.2) is 40.9 Å². The van der Waals surface area contributed by atoms with Crippen molar-refractivity contribution in [3.63, 3.8) is 0 Å². The Hall–Kier alpha value is -1.38. The van der Waals surface area contributed by atoms with Gasteiger partial charge in [0.15, 0.2) is 0 Å². The monoisotopic (exact) mass is 222 g/mol. The third kappa shape index (κ3) is 2.60. The average molecular weight is 222 g/mol. The van der Waals surface area contributed by atoms with Crippen molar-refractivity contribution in [2.24, 2.45) is 11.0 Å². The molecule has 1 aliphatic carbocycles. The molecular weight excluding hydrogens is 203 g/mol. The Kier molecular flexibility index (Phi) is 4.47. The van der Waals surface area contributed by atoms with Gasteiger partial charge in [-0.25, -0.2) is 4.39 Å². The maximum Gasteiger partial charge on any atom is 0.125 e. The third-order valence-corrected chi connectivity index (χ3v) is 2.46. The number of nitrogens with zero attached hydrogens (tertiary/aromatic N) is 2. The van der Waals surface area contributed by atoms with Crippen LogP contribution in [0.3, 0.4) is 0 Å². The van der Waals surface area contributed by atoms with Crippen molar-refractivity contribution in [3.8, 4) is 0 Å². The first kappa shape index (κ1) is 12.7. The molecule has 2 aliphatic rings. The van der Waals surface area contributed by atoms with Crippen LogP contribution < -0.4 is 0 Å². The van der Waals surface area contributed by atoms with Gasteiger partial charge in [-0.1, -0.05) is 19.9 Å². The summed E-state index contributed by atoms with van der Waals surface area (Å²) >= 11 is 0. The second-order valence-electron chi connectivity index (χ2n) is 3.46. The van der Waals surface area contributed by atoms with Crippen LogP contribution in [0, 0.1) is 5.92 Å². The van der Waals surface area contributed by atoms with Gasteiger partial charge in [0, 0.05) is 18.2 Å². The SMILES string of the molecule is CC.CCN1N=C(C)C2C=CC(F)=CC1=C2. The molecule has 0 radical (unpaired) electrons. The highest BCUT2D eigenvalue weighted by Crippen LogP contribution is 2.24. The molecule has 1 unspecified atom stereocenters. The van der Waals surface area contributed by atoms with E-state index in [1.54, 1.807) is 0 Å². The molecule has 16 heavy (non-hydrogen) atoms. The predicted octanol–water partition coefficient (Wildman–Crippen LogP) is 3.65. The average Bonchev–Trinajstić information content (AvgIpc) is 2.47. The minimum Gasteiger partial charge on any atom is -0.266 e. The van der Waals surface area contributed by atoms with Gasteiger partial charge in [-0.2, -0.15) is 5.10 Å². The molecule has 0 saturated carbocycles. The zero-order valence-corrected chi connectivity index (χ0v) is 10.4. The second kappa shape index (κ2) is 5.64. The smallest absolute Gasteiger partial charge is 0.125 e. The van der Waals surface area contributed by atoms with E-state index in [1.165, 1.54) is 12.2 Å². The first-order chi connectivity index (χ1) is 7.70. The summed E-state index contributed by atoms with van der Waals surface area (Å²) in [6.45, 7) is 8.73. The molecule has 2 rings (SSSR count). The highest BCUT2D eigenvalue weighted by molar-refractivity contribution is 5.88. The molecule has 0 saturated heterocycles. The third-order valence-electron chi connectivity index (χ3n) is 2.46. The van der Waals surface area contributed by atoms with Crippen LogP contribution in [0.5, 0.6) is 0 Å². The molecule has 2 bridgehead atoms. The van der Waals surface area contributed by atoms with Gasteiger partial charge < -0.3 is 0 Å². The number of fused-ring (bicyclic) bond motifs is 1. The molecule has 0 aromatic carbocycles. The molecule has 0 fully saturated rings. The van der Waals surface area contributed by atoms with Crippen molar-refractivity contribution in [1.82, 2.24) is 5.01 Å². The first-order valence-corrected chi connectivity index (χ1v) is 5.80. The molecule has 1 aliphatic heterocycles. The summed E-state index contributed by atoms with van der Waals surface area (Å²) in [4.78, 5) is 0. The molecule has 0 aromatic heterocycles. The zero-order chi connectivity index (χ0) is 12.1. The van der Waals surface area contributed by atoms with Crippen LogP contribution in [0.4, 0.5) is 4.39 Å². The summed E-state index contributed by atoms with van der Waals surface area (Å²) in [5.74, 6) is -0.0561. The highest BCUT2D eigenvalue weighted by atomic mass is 19.1. The summed E-state index contributed by atoms with van der Waals surface area (Å²) in [5.41, 5.74) is 1.86. The van der Waals surface area contributed by atoms with Crippen LogP contribution in [0.1, 0.15) is 27.7 Å². The molecule has 0 aromatic rings. The van der Waals surface area contributed by atoms with Crippen molar-refractivity contribution in [3.05, 3.63) is 35.8 Å². The molecule has 0 spiro atoms. The highest BCUT2D eigenvalue weighted by Gasteiger charge is 2.19. The molecule has 88 valence electrons. The Morgan fingerprint density at radius 3 is 2.75 bits per heavy atom. The number of hydrogen-bond donors (Lipinski definition) is 0. The fraction of sp³-hybridized carbons (Fsp3) is 0.462. The van der Waals surface area contributed by atoms with E-state index in [0.29, 0.717) is 0 Å². The number of hydrazone groups is 1. The van der Waals surface area contributed by atoms with E-state index >= 15 is 0 Å². The van der Waals surface area contributed by atoms with E-state index in [2.05, 4.69) is 5.10 Å². The Labute approximate surface area is 96.8 Å². The van der Waals surface area contributed by atoms with E-state index in [1.807, 2.05) is 44.9 Å². The van der Waals surface area contributed by atoms with Crippen molar-refractivity contribution in [2.75, 3.05) is 6.54 Å². The van der Waals surface area contributed by atoms with Crippen LogP contribution in [-0.2, 0) is 0 Å². The van der Waals surface area contributed by atoms with E-state index in [-0.39, 0.29) is 11.7 Å². The Morgan fingerprint density at radius 1 is 1.44 bits per heavy atom. The van der Waals surface area contributed by atoms with E-state index in [9.17, 15) is 4.39 Å². The Bertz CT molecular complexity index is 364. The molecular formula is C13H19FN2. The van der Waals surface area contributed by atoms with Crippen molar-refractivity contribution >= 4 is 5.71 Å². The minimum atomic E-state index is -0.206. The summed E-state index contributed by atoms with van der Waals surface area (Å²) in [7, 11) is 0. The van der Waals surface area contributed by atoms with Crippen molar-refractivity contribution in [2.45, 2.75) is 27.7 Å². The largest absolute Gasteiger partial charge is 0.266 e. The predicted molar refractivity (Wildman–Crippen MR) is 66.7 cm³/mol. The van der Waals surface area contributed by atoms with Gasteiger partial charge in [-0.05, 0) is 32.1 Å². The van der Waals surface area contributed by atoms with Crippen LogP contribution >= 0.6 is 0 Å². The van der Waals surface area contributed by atoms with Gasteiger partial charge in [0.25, 0.3) is 0 Å². The maximum atomic E-state index is 13.2. The molecule has 1 atom stereocenters. The lowest BCUT2D eigenvalue weighted by Gasteiger charge is -2.25. The zero-order valence-electron chi connectivity index (χ0n) is 10.4. The summed E-state index contributed by atoms with van der Waals surface area (Å²) in [6, 6.07) is 0. The fourth-order valence-electron chi connectivity index (χ4n) is 1.66. The molecule has 1 heterocycles. The standard InChI is InChI=1S/C11H13FN2.C2H6/c1-3-14-11-6-9(8(2)13-14)4-5-10(12)7-11;1-2/h4-7,9H,3H2,1-2H3;1-2H3. The fourth-order valence-corrected chi connectivity index (χ4v) is 1.66. The Balaban J connectivity index is 0.000000606. The quantitative estimate of drug-likeness (QED) is 0.661. The molecule has 3 heteroatoms. The van der Waals surface area contributed by atoms with Crippen LogP contribution in [0.25, 0.3) is 0 Å². The topological polar surface area (TPSA) is 15.6 Å². The lowest BCUT2D eigenvalue weighted by molar-refractivity contribution is 0.384. The number of halogens is 1. The van der Waals surface area contributed by atoms with Gasteiger partial charge in [0.05, 0.1) is 5.70 Å². The van der Waals surface area contributed by atoms with E-state index in [4.69, 9.17) is 0 Å². The summed E-state index contributed by atoms with van der Waals surface area (Å²) in [6.07, 6.45) is 6.90. The minimum absolute atomic E-state index is 0.150. The number of likely N-dealkylation sites (N-methyl/N-ethyl adjacent to an activating group) is 1. The Morgan fingerprint density at radius 2 is 2.12 bits per heavy atom. The van der Waals surface area contributed by atoms with E-state index in [0.717, 1.165) is 18.0 Å². The number of allylic oxidation sites excluding steroid dienone is 5.